The highest BCUT2D eigenvalue weighted by Crippen LogP contribution is 2.40. The smallest absolute Gasteiger partial charge is 0.163 e. The van der Waals surface area contributed by atoms with Crippen LogP contribution in [-0.4, -0.2) is 35.3 Å². The van der Waals surface area contributed by atoms with Crippen LogP contribution in [0, 0.1) is 0 Å². The number of aliphatic hydroxyl groups is 1. The maximum atomic E-state index is 9.33. The van der Waals surface area contributed by atoms with Gasteiger partial charge in [0.1, 0.15) is 10.6 Å². The Morgan fingerprint density at radius 2 is 2.13 bits per heavy atom. The molecule has 3 heterocycles. The van der Waals surface area contributed by atoms with Crippen molar-refractivity contribution in [3.8, 4) is 11.4 Å². The Kier molecular flexibility index (Phi) is 4.05. The lowest BCUT2D eigenvalue weighted by Crippen LogP contribution is -2.23. The molecule has 23 heavy (non-hydrogen) atoms. The predicted octanol–water partition coefficient (Wildman–Crippen LogP) is 3.73. The number of aryl methyl sites for hydroxylation is 2. The first-order chi connectivity index (χ1) is 11.3. The van der Waals surface area contributed by atoms with E-state index in [0.29, 0.717) is 6.54 Å². The van der Waals surface area contributed by atoms with E-state index in [2.05, 4.69) is 21.7 Å². The molecule has 0 atom stereocenters. The van der Waals surface area contributed by atoms with Gasteiger partial charge in [0.05, 0.1) is 12.0 Å². The molecular weight excluding hydrogens is 326 g/mol. The van der Waals surface area contributed by atoms with Gasteiger partial charge in [0.15, 0.2) is 5.82 Å². The molecule has 0 saturated heterocycles. The monoisotopic (exact) mass is 345 g/mol. The van der Waals surface area contributed by atoms with Gasteiger partial charge >= 0.3 is 0 Å². The summed E-state index contributed by atoms with van der Waals surface area (Å²) in [6.07, 6.45) is 4.80. The average molecular weight is 345 g/mol. The Morgan fingerprint density at radius 3 is 2.91 bits per heavy atom. The molecule has 0 radical (unpaired) electrons. The SMILES string of the molecule is CN(CCO)c1nc(-c2ccsc2)nc2sc3c(c12)CCCC3. The Morgan fingerprint density at radius 1 is 1.26 bits per heavy atom. The fourth-order valence-corrected chi connectivity index (χ4v) is 5.08. The molecule has 1 aliphatic rings. The standard InChI is InChI=1S/C17H19N3OS2/c1-20(7-8-21)16-14-12-4-2-3-5-13(12)23-17(14)19-15(18-16)11-6-9-22-10-11/h6,9-10,21H,2-5,7-8H2,1H3. The molecule has 4 rings (SSSR count). The lowest BCUT2D eigenvalue weighted by atomic mass is 9.97. The van der Waals surface area contributed by atoms with Gasteiger partial charge in [-0.15, -0.1) is 11.3 Å². The van der Waals surface area contributed by atoms with E-state index in [-0.39, 0.29) is 6.61 Å². The molecule has 0 spiro atoms. The van der Waals surface area contributed by atoms with Gasteiger partial charge < -0.3 is 10.0 Å². The van der Waals surface area contributed by atoms with Gasteiger partial charge in [-0.05, 0) is 42.7 Å². The highest BCUT2D eigenvalue weighted by Gasteiger charge is 2.23. The highest BCUT2D eigenvalue weighted by molar-refractivity contribution is 7.19. The van der Waals surface area contributed by atoms with E-state index in [1.165, 1.54) is 28.7 Å². The van der Waals surface area contributed by atoms with Crippen LogP contribution in [0.5, 0.6) is 0 Å². The van der Waals surface area contributed by atoms with Gasteiger partial charge in [-0.1, -0.05) is 0 Å². The number of aromatic nitrogens is 2. The second-order valence-corrected chi connectivity index (χ2v) is 7.78. The zero-order chi connectivity index (χ0) is 15.8. The van der Waals surface area contributed by atoms with Gasteiger partial charge in [-0.2, -0.15) is 11.3 Å². The van der Waals surface area contributed by atoms with E-state index in [1.54, 1.807) is 11.3 Å². The minimum atomic E-state index is 0.127. The third-order valence-electron chi connectivity index (χ3n) is 4.37. The first-order valence-corrected chi connectivity index (χ1v) is 9.70. The van der Waals surface area contributed by atoms with Gasteiger partial charge in [-0.25, -0.2) is 9.97 Å². The van der Waals surface area contributed by atoms with Crippen molar-refractivity contribution in [3.05, 3.63) is 27.3 Å². The zero-order valence-corrected chi connectivity index (χ0v) is 14.7. The quantitative estimate of drug-likeness (QED) is 0.783. The molecule has 0 amide bonds. The largest absolute Gasteiger partial charge is 0.395 e. The number of thiophene rings is 2. The molecule has 1 N–H and O–H groups in total. The number of likely N-dealkylation sites (N-methyl/N-ethyl adjacent to an activating group) is 1. The van der Waals surface area contributed by atoms with Crippen molar-refractivity contribution in [2.24, 2.45) is 0 Å². The number of anilines is 1. The van der Waals surface area contributed by atoms with Gasteiger partial charge in [0, 0.05) is 29.4 Å². The zero-order valence-electron chi connectivity index (χ0n) is 13.1. The minimum Gasteiger partial charge on any atom is -0.395 e. The number of hydrogen-bond donors (Lipinski definition) is 1. The van der Waals surface area contributed by atoms with Crippen LogP contribution < -0.4 is 4.90 Å². The van der Waals surface area contributed by atoms with Crippen molar-refractivity contribution in [1.82, 2.24) is 9.97 Å². The molecule has 0 aliphatic heterocycles. The summed E-state index contributed by atoms with van der Waals surface area (Å²) in [6.45, 7) is 0.710. The van der Waals surface area contributed by atoms with Crippen LogP contribution >= 0.6 is 22.7 Å². The average Bonchev–Trinajstić information content (AvgIpc) is 3.21. The first kappa shape index (κ1) is 15.1. The molecule has 120 valence electrons. The lowest BCUT2D eigenvalue weighted by molar-refractivity contribution is 0.304. The van der Waals surface area contributed by atoms with Gasteiger partial charge in [0.25, 0.3) is 0 Å². The minimum absolute atomic E-state index is 0.127. The van der Waals surface area contributed by atoms with E-state index in [9.17, 15) is 5.11 Å². The predicted molar refractivity (Wildman–Crippen MR) is 97.7 cm³/mol. The van der Waals surface area contributed by atoms with Crippen molar-refractivity contribution in [2.45, 2.75) is 25.7 Å². The summed E-state index contributed by atoms with van der Waals surface area (Å²) in [6, 6.07) is 2.06. The van der Waals surface area contributed by atoms with Crippen LogP contribution in [0.2, 0.25) is 0 Å². The van der Waals surface area contributed by atoms with Crippen LogP contribution in [0.15, 0.2) is 16.8 Å². The van der Waals surface area contributed by atoms with E-state index < -0.39 is 0 Å². The molecule has 0 bridgehead atoms. The normalized spacial score (nSPS) is 14.2. The number of rotatable bonds is 4. The van der Waals surface area contributed by atoms with Crippen LogP contribution in [-0.2, 0) is 12.8 Å². The van der Waals surface area contributed by atoms with E-state index >= 15 is 0 Å². The maximum Gasteiger partial charge on any atom is 0.163 e. The summed E-state index contributed by atoms with van der Waals surface area (Å²) in [5.74, 6) is 1.75. The van der Waals surface area contributed by atoms with Crippen molar-refractivity contribution in [2.75, 3.05) is 25.1 Å². The molecule has 6 heteroatoms. The molecule has 3 aromatic rings. The number of nitrogens with zero attached hydrogens (tertiary/aromatic N) is 3. The summed E-state index contributed by atoms with van der Waals surface area (Å²) in [5, 5.41) is 14.7. The van der Waals surface area contributed by atoms with Gasteiger partial charge in [0.2, 0.25) is 0 Å². The van der Waals surface area contributed by atoms with E-state index in [0.717, 1.165) is 34.9 Å². The second kappa shape index (κ2) is 6.19. The molecule has 0 fully saturated rings. The molecule has 3 aromatic heterocycles. The van der Waals surface area contributed by atoms with Gasteiger partial charge in [-0.3, -0.25) is 0 Å². The Bertz CT molecular complexity index is 826. The second-order valence-electron chi connectivity index (χ2n) is 5.92. The number of fused-ring (bicyclic) bond motifs is 3. The fraction of sp³-hybridized carbons (Fsp3) is 0.412. The molecule has 1 aliphatic carbocycles. The summed E-state index contributed by atoms with van der Waals surface area (Å²) in [5.41, 5.74) is 2.51. The Balaban J connectivity index is 1.95. The van der Waals surface area contributed by atoms with Crippen molar-refractivity contribution in [1.29, 1.82) is 0 Å². The fourth-order valence-electron chi connectivity index (χ4n) is 3.19. The molecule has 0 aromatic carbocycles. The van der Waals surface area contributed by atoms with E-state index in [1.807, 2.05) is 18.4 Å². The summed E-state index contributed by atoms with van der Waals surface area (Å²) in [7, 11) is 2.00. The molecule has 0 saturated carbocycles. The first-order valence-electron chi connectivity index (χ1n) is 7.95. The Hall–Kier alpha value is -1.50. The van der Waals surface area contributed by atoms with Crippen molar-refractivity contribution in [3.63, 3.8) is 0 Å². The third kappa shape index (κ3) is 2.65. The molecule has 4 nitrogen and oxygen atoms in total. The summed E-state index contributed by atoms with van der Waals surface area (Å²) in [4.78, 5) is 14.3. The molecule has 0 unspecified atom stereocenters. The van der Waals surface area contributed by atoms with Crippen LogP contribution in [0.1, 0.15) is 23.3 Å². The number of hydrogen-bond acceptors (Lipinski definition) is 6. The molecular formula is C17H19N3OS2. The van der Waals surface area contributed by atoms with Crippen LogP contribution in [0.25, 0.3) is 21.6 Å². The van der Waals surface area contributed by atoms with Crippen molar-refractivity contribution >= 4 is 38.7 Å². The lowest BCUT2D eigenvalue weighted by Gasteiger charge is -2.20. The Labute approximate surface area is 143 Å². The third-order valence-corrected chi connectivity index (χ3v) is 6.24. The summed E-state index contributed by atoms with van der Waals surface area (Å²) >= 11 is 3.49. The van der Waals surface area contributed by atoms with Crippen molar-refractivity contribution < 1.29 is 5.11 Å². The number of aliphatic hydroxyl groups excluding tert-OH is 1. The van der Waals surface area contributed by atoms with Crippen LogP contribution in [0.4, 0.5) is 5.82 Å². The van der Waals surface area contributed by atoms with E-state index in [4.69, 9.17) is 9.97 Å². The summed E-state index contributed by atoms with van der Waals surface area (Å²) < 4.78 is 0. The van der Waals surface area contributed by atoms with Crippen LogP contribution in [0.3, 0.4) is 0 Å². The highest BCUT2D eigenvalue weighted by atomic mass is 32.1. The maximum absolute atomic E-state index is 9.33. The topological polar surface area (TPSA) is 49.2 Å².